The Kier molecular flexibility index (Phi) is 7.09. The normalized spacial score (nSPS) is 22.6. The highest BCUT2D eigenvalue weighted by Gasteiger charge is 2.54. The van der Waals surface area contributed by atoms with Gasteiger partial charge in [0, 0.05) is 40.2 Å². The number of para-hydroxylation sites is 2. The Balaban J connectivity index is 1.26. The second-order valence-corrected chi connectivity index (χ2v) is 14.7. The number of nitrogens with zero attached hydrogens (tertiary/aromatic N) is 3. The van der Waals surface area contributed by atoms with Gasteiger partial charge in [-0.05, 0) is 108 Å². The van der Waals surface area contributed by atoms with Gasteiger partial charge in [-0.2, -0.15) is 0 Å². The molecule has 0 N–H and O–H groups in total. The number of fused-ring (bicyclic) bond motifs is 7. The van der Waals surface area contributed by atoms with Gasteiger partial charge < -0.3 is 4.90 Å². The third-order valence-corrected chi connectivity index (χ3v) is 11.8. The largest absolute Gasteiger partial charge is 0.332 e. The molecule has 2 aliphatic heterocycles. The fourth-order valence-electron chi connectivity index (χ4n) is 9.49. The molecule has 3 heterocycles. The summed E-state index contributed by atoms with van der Waals surface area (Å²) in [5.74, 6) is 1.38. The Hall–Kier alpha value is -5.67. The van der Waals surface area contributed by atoms with Crippen molar-refractivity contribution in [1.82, 2.24) is 4.98 Å². The molecule has 0 fully saturated rings. The molecule has 0 amide bonds. The standard InChI is InChI=1S/C48H41N3/c1-48-41-23-11-14-26-44(41)50(38-31-36(33-16-4-2-5-17-33)30-37(32-38)34-18-6-3-7-19-34)46(48)40-22-10-13-25-43(40)51(45-27-15-12-24-42(45)48)47-39-21-9-8-20-35(39)28-29-49-47/h2-7,9-12,14-18,21-24,26-32,34,46H,8,13,19-20,25H2,1H3/t34?,46?,48-/m1/s1. The van der Waals surface area contributed by atoms with Crippen molar-refractivity contribution in [2.24, 2.45) is 0 Å². The molecule has 5 aromatic rings. The van der Waals surface area contributed by atoms with Crippen molar-refractivity contribution in [3.63, 3.8) is 0 Å². The van der Waals surface area contributed by atoms with Crippen molar-refractivity contribution in [1.29, 1.82) is 0 Å². The highest BCUT2D eigenvalue weighted by atomic mass is 15.3. The molecule has 3 atom stereocenters. The van der Waals surface area contributed by atoms with E-state index in [0.717, 1.165) is 37.9 Å². The summed E-state index contributed by atoms with van der Waals surface area (Å²) in [5, 5.41) is 0. The number of aromatic nitrogens is 1. The number of aryl methyl sites for hydroxylation is 1. The van der Waals surface area contributed by atoms with Gasteiger partial charge in [0.25, 0.3) is 0 Å². The summed E-state index contributed by atoms with van der Waals surface area (Å²) in [4.78, 5) is 10.4. The average molecular weight is 660 g/mol. The smallest absolute Gasteiger partial charge is 0.144 e. The third-order valence-electron chi connectivity index (χ3n) is 11.8. The van der Waals surface area contributed by atoms with Crippen LogP contribution in [0.25, 0.3) is 17.2 Å². The minimum Gasteiger partial charge on any atom is -0.332 e. The molecule has 0 saturated carbocycles. The Labute approximate surface area is 301 Å². The van der Waals surface area contributed by atoms with Crippen LogP contribution in [0.15, 0.2) is 163 Å². The van der Waals surface area contributed by atoms with E-state index in [9.17, 15) is 0 Å². The fraction of sp³-hybridized carbons (Fsp3) is 0.188. The molecule has 3 aliphatic carbocycles. The molecular formula is C48H41N3. The van der Waals surface area contributed by atoms with Crippen LogP contribution in [-0.2, 0) is 11.8 Å². The van der Waals surface area contributed by atoms with E-state index in [1.807, 2.05) is 6.20 Å². The highest BCUT2D eigenvalue weighted by Crippen LogP contribution is 2.60. The maximum absolute atomic E-state index is 5.18. The van der Waals surface area contributed by atoms with Crippen LogP contribution in [-0.4, -0.2) is 11.0 Å². The van der Waals surface area contributed by atoms with E-state index in [4.69, 9.17) is 4.98 Å². The van der Waals surface area contributed by atoms with Crippen molar-refractivity contribution >= 4 is 29.0 Å². The van der Waals surface area contributed by atoms with Crippen molar-refractivity contribution in [2.75, 3.05) is 9.80 Å². The first-order valence-corrected chi connectivity index (χ1v) is 18.6. The van der Waals surface area contributed by atoms with Gasteiger partial charge in [-0.25, -0.2) is 4.98 Å². The minimum absolute atomic E-state index is 0.0309. The zero-order valence-electron chi connectivity index (χ0n) is 29.0. The Morgan fingerprint density at radius 1 is 0.706 bits per heavy atom. The molecule has 4 aromatic carbocycles. The topological polar surface area (TPSA) is 19.4 Å². The van der Waals surface area contributed by atoms with Gasteiger partial charge in [0.15, 0.2) is 0 Å². The number of anilines is 4. The van der Waals surface area contributed by atoms with Gasteiger partial charge in [-0.15, -0.1) is 0 Å². The van der Waals surface area contributed by atoms with Gasteiger partial charge in [0.05, 0.1) is 11.7 Å². The van der Waals surface area contributed by atoms with Crippen molar-refractivity contribution in [2.45, 2.75) is 56.4 Å². The second kappa shape index (κ2) is 12.0. The summed E-state index contributed by atoms with van der Waals surface area (Å²) in [6.07, 6.45) is 25.6. The first-order valence-electron chi connectivity index (χ1n) is 18.6. The van der Waals surface area contributed by atoms with E-state index in [2.05, 4.69) is 168 Å². The zero-order valence-corrected chi connectivity index (χ0v) is 29.0. The predicted molar refractivity (Wildman–Crippen MR) is 212 cm³/mol. The fourth-order valence-corrected chi connectivity index (χ4v) is 9.49. The minimum atomic E-state index is -0.342. The Bertz CT molecular complexity index is 2340. The molecule has 10 rings (SSSR count). The summed E-state index contributed by atoms with van der Waals surface area (Å²) >= 11 is 0. The molecule has 2 unspecified atom stereocenters. The maximum Gasteiger partial charge on any atom is 0.144 e. The molecule has 1 aromatic heterocycles. The molecule has 0 saturated heterocycles. The lowest BCUT2D eigenvalue weighted by atomic mass is 9.70. The highest BCUT2D eigenvalue weighted by molar-refractivity contribution is 5.88. The first kappa shape index (κ1) is 30.2. The molecule has 3 heteroatoms. The van der Waals surface area contributed by atoms with E-state index < -0.39 is 0 Å². The predicted octanol–water partition coefficient (Wildman–Crippen LogP) is 11.9. The molecule has 248 valence electrons. The van der Waals surface area contributed by atoms with E-state index >= 15 is 0 Å². The second-order valence-electron chi connectivity index (χ2n) is 14.7. The molecular weight excluding hydrogens is 619 g/mol. The number of benzene rings is 4. The van der Waals surface area contributed by atoms with Gasteiger partial charge in [0.1, 0.15) is 5.82 Å². The number of hydrogen-bond acceptors (Lipinski definition) is 3. The van der Waals surface area contributed by atoms with Crippen LogP contribution in [0.1, 0.15) is 66.3 Å². The van der Waals surface area contributed by atoms with E-state index in [1.165, 1.54) is 67.3 Å². The van der Waals surface area contributed by atoms with Crippen LogP contribution in [0.4, 0.5) is 22.9 Å². The lowest BCUT2D eigenvalue weighted by Gasteiger charge is -2.39. The summed E-state index contributed by atoms with van der Waals surface area (Å²) < 4.78 is 0. The zero-order chi connectivity index (χ0) is 33.9. The van der Waals surface area contributed by atoms with Crippen LogP contribution in [0.3, 0.4) is 0 Å². The van der Waals surface area contributed by atoms with Crippen LogP contribution in [0.2, 0.25) is 0 Å². The number of hydrogen-bond donors (Lipinski definition) is 0. The van der Waals surface area contributed by atoms with Crippen LogP contribution in [0, 0.1) is 0 Å². The quantitative estimate of drug-likeness (QED) is 0.191. The summed E-state index contributed by atoms with van der Waals surface area (Å²) in [7, 11) is 0. The van der Waals surface area contributed by atoms with Crippen molar-refractivity contribution in [3.05, 3.63) is 191 Å². The monoisotopic (exact) mass is 659 g/mol. The molecule has 0 radical (unpaired) electrons. The van der Waals surface area contributed by atoms with E-state index in [-0.39, 0.29) is 11.5 Å². The number of rotatable bonds is 4. The maximum atomic E-state index is 5.18. The average Bonchev–Trinajstić information content (AvgIpc) is 3.43. The van der Waals surface area contributed by atoms with E-state index in [1.54, 1.807) is 0 Å². The van der Waals surface area contributed by atoms with Crippen LogP contribution >= 0.6 is 0 Å². The summed E-state index contributed by atoms with van der Waals surface area (Å²) in [6, 6.07) is 38.8. The number of allylic oxidation sites excluding steroid dienone is 7. The van der Waals surface area contributed by atoms with Crippen molar-refractivity contribution in [3.8, 4) is 11.1 Å². The third kappa shape index (κ3) is 4.68. The number of pyridine rings is 1. The molecule has 51 heavy (non-hydrogen) atoms. The van der Waals surface area contributed by atoms with Crippen LogP contribution in [0.5, 0.6) is 0 Å². The summed E-state index contributed by atoms with van der Waals surface area (Å²) in [6.45, 7) is 2.50. The van der Waals surface area contributed by atoms with Gasteiger partial charge in [-0.1, -0.05) is 121 Å². The summed E-state index contributed by atoms with van der Waals surface area (Å²) in [5.41, 5.74) is 15.4. The molecule has 5 aliphatic rings. The Morgan fingerprint density at radius 2 is 1.47 bits per heavy atom. The molecule has 3 nitrogen and oxygen atoms in total. The Morgan fingerprint density at radius 3 is 2.31 bits per heavy atom. The lowest BCUT2D eigenvalue weighted by molar-refractivity contribution is 0.524. The SMILES string of the molecule is C[C@@]12c3ccccc3N(c3nccc4c3C=CCC4)C3=C(C=CCC3)C1N(c1cc(-c3ccccc3)cc(C3C=CC=CC3)c1)c1ccccc12. The van der Waals surface area contributed by atoms with Gasteiger partial charge >= 0.3 is 0 Å². The van der Waals surface area contributed by atoms with Crippen LogP contribution < -0.4 is 9.80 Å². The molecule has 0 bridgehead atoms. The lowest BCUT2D eigenvalue weighted by Crippen LogP contribution is -2.43. The molecule has 0 spiro atoms. The first-order chi connectivity index (χ1) is 25.2. The van der Waals surface area contributed by atoms with Gasteiger partial charge in [0.2, 0.25) is 0 Å². The van der Waals surface area contributed by atoms with E-state index in [0.29, 0.717) is 5.92 Å². The van der Waals surface area contributed by atoms with Gasteiger partial charge in [-0.3, -0.25) is 4.90 Å². The van der Waals surface area contributed by atoms with Crippen molar-refractivity contribution < 1.29 is 0 Å².